The number of carbonyl (C=O) groups is 2. The summed E-state index contributed by atoms with van der Waals surface area (Å²) in [4.78, 5) is 23.1. The van der Waals surface area contributed by atoms with Gasteiger partial charge in [-0.25, -0.2) is 4.79 Å². The molecular weight excluding hydrogens is 290 g/mol. The molecule has 1 aliphatic carbocycles. The lowest BCUT2D eigenvalue weighted by atomic mass is 10.2. The average Bonchev–Trinajstić information content (AvgIpc) is 3.29. The van der Waals surface area contributed by atoms with Crippen LogP contribution in [-0.2, 0) is 14.3 Å². The number of rotatable bonds is 6. The normalized spacial score (nSPS) is 15.7. The third-order valence-corrected chi connectivity index (χ3v) is 3.60. The molecule has 0 aliphatic heterocycles. The Morgan fingerprint density at radius 2 is 2.05 bits per heavy atom. The summed E-state index contributed by atoms with van der Waals surface area (Å²) in [5.41, 5.74) is 0.836. The standard InChI is InChI=1S/C16H18ClNO3/c1-11(13-5-6-13)18-15(19)10-21-16(20)9-4-12-2-7-14(17)8-3-12/h2-4,7-9,11,13H,5-6,10H2,1H3,(H,18,19)/b9-4+/t11-/m0/s1. The number of esters is 1. The molecule has 1 aromatic carbocycles. The zero-order valence-electron chi connectivity index (χ0n) is 11.8. The van der Waals surface area contributed by atoms with Gasteiger partial charge in [0, 0.05) is 17.1 Å². The molecule has 1 amide bonds. The van der Waals surface area contributed by atoms with Crippen LogP contribution in [0.4, 0.5) is 0 Å². The van der Waals surface area contributed by atoms with Gasteiger partial charge in [-0.2, -0.15) is 0 Å². The van der Waals surface area contributed by atoms with Crippen molar-refractivity contribution >= 4 is 29.6 Å². The van der Waals surface area contributed by atoms with Crippen molar-refractivity contribution in [3.63, 3.8) is 0 Å². The molecule has 0 aromatic heterocycles. The van der Waals surface area contributed by atoms with Crippen molar-refractivity contribution in [2.24, 2.45) is 5.92 Å². The second-order valence-corrected chi connectivity index (χ2v) is 5.62. The first kappa shape index (κ1) is 15.6. The average molecular weight is 308 g/mol. The van der Waals surface area contributed by atoms with Crippen molar-refractivity contribution in [3.8, 4) is 0 Å². The van der Waals surface area contributed by atoms with E-state index in [2.05, 4.69) is 5.32 Å². The molecule has 1 N–H and O–H groups in total. The molecule has 1 aliphatic rings. The number of halogens is 1. The van der Waals surface area contributed by atoms with Crippen LogP contribution in [0.3, 0.4) is 0 Å². The largest absolute Gasteiger partial charge is 0.452 e. The van der Waals surface area contributed by atoms with Crippen LogP contribution in [-0.4, -0.2) is 24.5 Å². The Kier molecular flexibility index (Phi) is 5.39. The molecule has 0 saturated heterocycles. The van der Waals surface area contributed by atoms with Gasteiger partial charge in [0.1, 0.15) is 0 Å². The van der Waals surface area contributed by atoms with Crippen molar-refractivity contribution in [2.45, 2.75) is 25.8 Å². The monoisotopic (exact) mass is 307 g/mol. The van der Waals surface area contributed by atoms with Gasteiger partial charge in [0.25, 0.3) is 5.91 Å². The Morgan fingerprint density at radius 1 is 1.38 bits per heavy atom. The van der Waals surface area contributed by atoms with Crippen LogP contribution < -0.4 is 5.32 Å². The second kappa shape index (κ2) is 7.27. The topological polar surface area (TPSA) is 55.4 Å². The molecule has 21 heavy (non-hydrogen) atoms. The maximum Gasteiger partial charge on any atom is 0.331 e. The summed E-state index contributed by atoms with van der Waals surface area (Å²) in [6.07, 6.45) is 5.22. The fourth-order valence-electron chi connectivity index (χ4n) is 1.93. The molecule has 0 unspecified atom stereocenters. The van der Waals surface area contributed by atoms with Crippen molar-refractivity contribution in [1.29, 1.82) is 0 Å². The van der Waals surface area contributed by atoms with Gasteiger partial charge in [-0.1, -0.05) is 23.7 Å². The Balaban J connectivity index is 1.71. The third kappa shape index (κ3) is 5.60. The summed E-state index contributed by atoms with van der Waals surface area (Å²) in [6.45, 7) is 1.72. The van der Waals surface area contributed by atoms with Gasteiger partial charge < -0.3 is 10.1 Å². The number of nitrogens with one attached hydrogen (secondary N) is 1. The second-order valence-electron chi connectivity index (χ2n) is 5.19. The van der Waals surface area contributed by atoms with Crippen LogP contribution in [0.15, 0.2) is 30.3 Å². The van der Waals surface area contributed by atoms with E-state index in [9.17, 15) is 9.59 Å². The van der Waals surface area contributed by atoms with Gasteiger partial charge in [0.2, 0.25) is 0 Å². The van der Waals surface area contributed by atoms with E-state index in [0.717, 1.165) is 18.4 Å². The molecule has 1 saturated carbocycles. The summed E-state index contributed by atoms with van der Waals surface area (Å²) >= 11 is 5.77. The number of amides is 1. The number of carbonyl (C=O) groups excluding carboxylic acids is 2. The molecule has 4 nitrogen and oxygen atoms in total. The van der Waals surface area contributed by atoms with Crippen LogP contribution in [0.1, 0.15) is 25.3 Å². The minimum absolute atomic E-state index is 0.154. The number of hydrogen-bond donors (Lipinski definition) is 1. The molecule has 0 radical (unpaired) electrons. The summed E-state index contributed by atoms with van der Waals surface area (Å²) in [5.74, 6) is -0.226. The predicted molar refractivity (Wildman–Crippen MR) is 81.8 cm³/mol. The highest BCUT2D eigenvalue weighted by molar-refractivity contribution is 6.30. The third-order valence-electron chi connectivity index (χ3n) is 3.35. The predicted octanol–water partition coefficient (Wildman–Crippen LogP) is 2.81. The minimum atomic E-state index is -0.542. The summed E-state index contributed by atoms with van der Waals surface area (Å²) in [6, 6.07) is 7.20. The molecule has 112 valence electrons. The maximum absolute atomic E-state index is 11.6. The van der Waals surface area contributed by atoms with Crippen LogP contribution in [0.25, 0.3) is 6.08 Å². The molecular formula is C16H18ClNO3. The van der Waals surface area contributed by atoms with Gasteiger partial charge in [-0.15, -0.1) is 0 Å². The highest BCUT2D eigenvalue weighted by Crippen LogP contribution is 2.32. The van der Waals surface area contributed by atoms with E-state index in [4.69, 9.17) is 16.3 Å². The van der Waals surface area contributed by atoms with Crippen LogP contribution >= 0.6 is 11.6 Å². The first-order chi connectivity index (χ1) is 10.0. The molecule has 0 heterocycles. The fraction of sp³-hybridized carbons (Fsp3) is 0.375. The zero-order chi connectivity index (χ0) is 15.2. The molecule has 5 heteroatoms. The Morgan fingerprint density at radius 3 is 2.67 bits per heavy atom. The summed E-state index contributed by atoms with van der Waals surface area (Å²) in [5, 5.41) is 3.46. The fourth-order valence-corrected chi connectivity index (χ4v) is 2.06. The van der Waals surface area contributed by atoms with Crippen LogP contribution in [0.2, 0.25) is 5.02 Å². The van der Waals surface area contributed by atoms with E-state index in [0.29, 0.717) is 10.9 Å². The van der Waals surface area contributed by atoms with Crippen molar-refractivity contribution in [3.05, 3.63) is 40.9 Å². The molecule has 2 rings (SSSR count). The van der Waals surface area contributed by atoms with Crippen molar-refractivity contribution < 1.29 is 14.3 Å². The van der Waals surface area contributed by atoms with Crippen molar-refractivity contribution in [1.82, 2.24) is 5.32 Å². The van der Waals surface area contributed by atoms with Crippen LogP contribution in [0, 0.1) is 5.92 Å². The number of hydrogen-bond acceptors (Lipinski definition) is 3. The maximum atomic E-state index is 11.6. The van der Waals surface area contributed by atoms with Crippen molar-refractivity contribution in [2.75, 3.05) is 6.61 Å². The van der Waals surface area contributed by atoms with Gasteiger partial charge in [0.05, 0.1) is 0 Å². The van der Waals surface area contributed by atoms with E-state index in [-0.39, 0.29) is 18.6 Å². The number of benzene rings is 1. The van der Waals surface area contributed by atoms with E-state index >= 15 is 0 Å². The van der Waals surface area contributed by atoms with E-state index in [1.54, 1.807) is 30.3 Å². The summed E-state index contributed by atoms with van der Waals surface area (Å²) in [7, 11) is 0. The minimum Gasteiger partial charge on any atom is -0.452 e. The SMILES string of the molecule is C[C@H](NC(=O)COC(=O)/C=C/c1ccc(Cl)cc1)C1CC1. The smallest absolute Gasteiger partial charge is 0.331 e. The van der Waals surface area contributed by atoms with E-state index < -0.39 is 5.97 Å². The van der Waals surface area contributed by atoms with E-state index in [1.807, 2.05) is 6.92 Å². The van der Waals surface area contributed by atoms with E-state index in [1.165, 1.54) is 6.08 Å². The lowest BCUT2D eigenvalue weighted by molar-refractivity contribution is -0.144. The zero-order valence-corrected chi connectivity index (χ0v) is 12.6. The van der Waals surface area contributed by atoms with Gasteiger partial charge in [-0.3, -0.25) is 4.79 Å². The number of ether oxygens (including phenoxy) is 1. The summed E-state index contributed by atoms with van der Waals surface area (Å²) < 4.78 is 4.89. The quantitative estimate of drug-likeness (QED) is 0.649. The first-order valence-electron chi connectivity index (χ1n) is 6.94. The Bertz CT molecular complexity index is 535. The Hall–Kier alpha value is -1.81. The lowest BCUT2D eigenvalue weighted by Crippen LogP contribution is -2.36. The van der Waals surface area contributed by atoms with Gasteiger partial charge in [-0.05, 0) is 49.5 Å². The molecule has 0 spiro atoms. The molecule has 1 atom stereocenters. The van der Waals surface area contributed by atoms with Gasteiger partial charge in [0.15, 0.2) is 6.61 Å². The highest BCUT2D eigenvalue weighted by atomic mass is 35.5. The molecule has 1 fully saturated rings. The highest BCUT2D eigenvalue weighted by Gasteiger charge is 2.28. The Labute approximate surface area is 129 Å². The first-order valence-corrected chi connectivity index (χ1v) is 7.32. The molecule has 1 aromatic rings. The van der Waals surface area contributed by atoms with Crippen LogP contribution in [0.5, 0.6) is 0 Å². The lowest BCUT2D eigenvalue weighted by Gasteiger charge is -2.12. The molecule has 0 bridgehead atoms. The van der Waals surface area contributed by atoms with Gasteiger partial charge >= 0.3 is 5.97 Å².